The summed E-state index contributed by atoms with van der Waals surface area (Å²) in [7, 11) is 1.59. The Labute approximate surface area is 160 Å². The number of ether oxygens (including phenoxy) is 1. The number of carboxylic acid groups (broad SMARTS) is 1. The molecule has 7 heteroatoms. The molecule has 0 atom stereocenters. The Balaban J connectivity index is 1.99. The van der Waals surface area contributed by atoms with Crippen LogP contribution in [-0.4, -0.2) is 24.2 Å². The molecule has 0 aliphatic rings. The third-order valence-electron chi connectivity index (χ3n) is 4.02. The lowest BCUT2D eigenvalue weighted by Crippen LogP contribution is -2.26. The van der Waals surface area contributed by atoms with Crippen molar-refractivity contribution in [1.82, 2.24) is 0 Å². The van der Waals surface area contributed by atoms with Crippen molar-refractivity contribution in [2.45, 2.75) is 6.92 Å². The van der Waals surface area contributed by atoms with Gasteiger partial charge in [0.15, 0.2) is 0 Å². The summed E-state index contributed by atoms with van der Waals surface area (Å²) in [5.41, 5.74) is 9.14. The molecule has 0 saturated heterocycles. The Morgan fingerprint density at radius 1 is 1.07 bits per heavy atom. The van der Waals surface area contributed by atoms with Gasteiger partial charge in [0.1, 0.15) is 0 Å². The van der Waals surface area contributed by atoms with Crippen LogP contribution in [0.1, 0.15) is 15.9 Å². The number of nitrogen functional groups attached to an aromatic ring is 1. The number of carbonyl (C=O) groups is 2. The monoisotopic (exact) mass is 382 g/mol. The fraction of sp³-hybridized carbons (Fsp3) is 0.100. The van der Waals surface area contributed by atoms with E-state index in [-0.39, 0.29) is 11.0 Å². The van der Waals surface area contributed by atoms with Crippen LogP contribution >= 0.6 is 11.3 Å². The number of rotatable bonds is 4. The van der Waals surface area contributed by atoms with Crippen LogP contribution < -0.4 is 15.4 Å². The molecule has 3 N–H and O–H groups in total. The smallest absolute Gasteiger partial charge is 0.449 e. The van der Waals surface area contributed by atoms with Crippen molar-refractivity contribution >= 4 is 34.8 Å². The maximum Gasteiger partial charge on any atom is 0.512 e. The van der Waals surface area contributed by atoms with Crippen molar-refractivity contribution < 1.29 is 19.4 Å². The molecule has 6 nitrogen and oxygen atoms in total. The second-order valence-corrected chi connectivity index (χ2v) is 7.02. The van der Waals surface area contributed by atoms with Crippen molar-refractivity contribution in [1.29, 1.82) is 0 Å². The van der Waals surface area contributed by atoms with Gasteiger partial charge in [-0.05, 0) is 42.8 Å². The van der Waals surface area contributed by atoms with Gasteiger partial charge in [-0.15, -0.1) is 0 Å². The highest BCUT2D eigenvalue weighted by Gasteiger charge is 2.22. The van der Waals surface area contributed by atoms with E-state index >= 15 is 0 Å². The van der Waals surface area contributed by atoms with Crippen LogP contribution in [0.3, 0.4) is 0 Å². The van der Waals surface area contributed by atoms with Crippen molar-refractivity contribution in [3.05, 3.63) is 65.7 Å². The molecule has 3 rings (SSSR count). The maximum atomic E-state index is 12.8. The number of amides is 1. The topological polar surface area (TPSA) is 92.9 Å². The molecule has 1 aromatic heterocycles. The Bertz CT molecular complexity index is 978. The Hall–Kier alpha value is -3.32. The number of anilines is 2. The van der Waals surface area contributed by atoms with Crippen LogP contribution in [0.15, 0.2) is 54.6 Å². The largest absolute Gasteiger partial charge is 0.512 e. The minimum absolute atomic E-state index is 0.136. The van der Waals surface area contributed by atoms with Crippen LogP contribution in [0.4, 0.5) is 16.2 Å². The number of aryl methyl sites for hydroxylation is 1. The van der Waals surface area contributed by atoms with Gasteiger partial charge in [-0.25, -0.2) is 4.79 Å². The highest BCUT2D eigenvalue weighted by atomic mass is 32.1. The maximum absolute atomic E-state index is 12.8. The summed E-state index contributed by atoms with van der Waals surface area (Å²) >= 11 is 1.15. The number of nitrogens with zero attached hydrogens (tertiary/aromatic N) is 1. The lowest BCUT2D eigenvalue weighted by atomic mass is 10.1. The van der Waals surface area contributed by atoms with E-state index in [1.807, 2.05) is 31.2 Å². The summed E-state index contributed by atoms with van der Waals surface area (Å²) in [6, 6.07) is 16.1. The van der Waals surface area contributed by atoms with Gasteiger partial charge >= 0.3 is 6.16 Å². The number of nitrogens with two attached hydrogens (primary N) is 1. The molecule has 1 amide bonds. The van der Waals surface area contributed by atoms with Gasteiger partial charge in [0.2, 0.25) is 5.06 Å². The third-order valence-corrected chi connectivity index (χ3v) is 5.07. The Kier molecular flexibility index (Phi) is 5.14. The zero-order valence-corrected chi connectivity index (χ0v) is 15.6. The molecule has 0 spiro atoms. The molecule has 138 valence electrons. The average Bonchev–Trinajstić information content (AvgIpc) is 3.04. The quantitative estimate of drug-likeness (QED) is 0.506. The summed E-state index contributed by atoms with van der Waals surface area (Å²) < 4.78 is 4.91. The van der Waals surface area contributed by atoms with E-state index in [1.54, 1.807) is 37.4 Å². The van der Waals surface area contributed by atoms with Gasteiger partial charge in [0.25, 0.3) is 5.91 Å². The SMILES string of the molecule is Cc1ccc(C(=O)N(C)c2cc(-c3ccc(N)cc3)sc2OC(=O)O)cc1. The molecule has 3 aromatic rings. The highest BCUT2D eigenvalue weighted by Crippen LogP contribution is 2.43. The van der Waals surface area contributed by atoms with E-state index < -0.39 is 6.16 Å². The number of hydrogen-bond donors (Lipinski definition) is 2. The van der Waals surface area contributed by atoms with Gasteiger partial charge < -0.3 is 20.5 Å². The fourth-order valence-electron chi connectivity index (χ4n) is 2.54. The number of benzene rings is 2. The van der Waals surface area contributed by atoms with Gasteiger partial charge in [-0.3, -0.25) is 4.79 Å². The molecular weight excluding hydrogens is 364 g/mol. The third kappa shape index (κ3) is 4.09. The number of hydrogen-bond acceptors (Lipinski definition) is 5. The standard InChI is InChI=1S/C20H18N2O4S/c1-12-3-5-14(6-4-12)18(23)22(2)16-11-17(27-19(16)26-20(24)25)13-7-9-15(21)10-8-13/h3-11H,21H2,1-2H3,(H,24,25). The molecule has 0 bridgehead atoms. The molecule has 0 unspecified atom stereocenters. The number of carbonyl (C=O) groups excluding carboxylic acids is 1. The highest BCUT2D eigenvalue weighted by molar-refractivity contribution is 7.18. The van der Waals surface area contributed by atoms with Crippen molar-refractivity contribution in [2.24, 2.45) is 0 Å². The average molecular weight is 382 g/mol. The van der Waals surface area contributed by atoms with Gasteiger partial charge in [-0.1, -0.05) is 41.2 Å². The first-order valence-corrected chi connectivity index (χ1v) is 8.92. The predicted molar refractivity (Wildman–Crippen MR) is 107 cm³/mol. The van der Waals surface area contributed by atoms with Crippen LogP contribution in [0.5, 0.6) is 5.06 Å². The van der Waals surface area contributed by atoms with Crippen molar-refractivity contribution in [2.75, 3.05) is 17.7 Å². The Morgan fingerprint density at radius 2 is 1.70 bits per heavy atom. The van der Waals surface area contributed by atoms with Crippen LogP contribution in [-0.2, 0) is 0 Å². The first kappa shape index (κ1) is 18.5. The zero-order chi connectivity index (χ0) is 19.6. The normalized spacial score (nSPS) is 10.4. The van der Waals surface area contributed by atoms with Crippen molar-refractivity contribution in [3.8, 4) is 15.5 Å². The van der Waals surface area contributed by atoms with Crippen LogP contribution in [0.25, 0.3) is 10.4 Å². The minimum atomic E-state index is -1.43. The van der Waals surface area contributed by atoms with E-state index in [0.717, 1.165) is 27.3 Å². The van der Waals surface area contributed by atoms with Gasteiger partial charge in [-0.2, -0.15) is 0 Å². The second-order valence-electron chi connectivity index (χ2n) is 6.00. The summed E-state index contributed by atoms with van der Waals surface area (Å²) in [6.07, 6.45) is -1.43. The molecule has 0 radical (unpaired) electrons. The fourth-order valence-corrected chi connectivity index (χ4v) is 3.58. The molecular formula is C20H18N2O4S. The summed E-state index contributed by atoms with van der Waals surface area (Å²) in [6.45, 7) is 1.94. The van der Waals surface area contributed by atoms with E-state index in [4.69, 9.17) is 15.6 Å². The predicted octanol–water partition coefficient (Wildman–Crippen LogP) is 4.64. The molecule has 0 aliphatic heterocycles. The van der Waals surface area contributed by atoms with E-state index in [0.29, 0.717) is 16.9 Å². The van der Waals surface area contributed by atoms with E-state index in [1.165, 1.54) is 4.90 Å². The van der Waals surface area contributed by atoms with Crippen LogP contribution in [0, 0.1) is 6.92 Å². The molecule has 0 fully saturated rings. The van der Waals surface area contributed by atoms with E-state index in [2.05, 4.69) is 0 Å². The minimum Gasteiger partial charge on any atom is -0.449 e. The number of thiophene rings is 1. The zero-order valence-electron chi connectivity index (χ0n) is 14.8. The molecule has 1 heterocycles. The first-order valence-electron chi connectivity index (χ1n) is 8.10. The molecule has 0 saturated carbocycles. The van der Waals surface area contributed by atoms with Gasteiger partial charge in [0, 0.05) is 23.2 Å². The molecule has 27 heavy (non-hydrogen) atoms. The Morgan fingerprint density at radius 3 is 2.30 bits per heavy atom. The van der Waals surface area contributed by atoms with Gasteiger partial charge in [0.05, 0.1) is 5.69 Å². The summed E-state index contributed by atoms with van der Waals surface area (Å²) in [5, 5.41) is 9.18. The van der Waals surface area contributed by atoms with Crippen molar-refractivity contribution in [3.63, 3.8) is 0 Å². The first-order chi connectivity index (χ1) is 12.8. The lowest BCUT2D eigenvalue weighted by Gasteiger charge is -2.17. The molecule has 0 aliphatic carbocycles. The summed E-state index contributed by atoms with van der Waals surface area (Å²) in [5.74, 6) is -0.258. The summed E-state index contributed by atoms with van der Waals surface area (Å²) in [4.78, 5) is 26.0. The molecule has 2 aromatic carbocycles. The van der Waals surface area contributed by atoms with E-state index in [9.17, 15) is 9.59 Å². The van der Waals surface area contributed by atoms with Crippen LogP contribution in [0.2, 0.25) is 0 Å². The second kappa shape index (κ2) is 7.51. The lowest BCUT2D eigenvalue weighted by molar-refractivity contribution is 0.0991.